The summed E-state index contributed by atoms with van der Waals surface area (Å²) in [7, 11) is 0. The van der Waals surface area contributed by atoms with Crippen LogP contribution in [0.5, 0.6) is 0 Å². The maximum absolute atomic E-state index is 6.08. The van der Waals surface area contributed by atoms with E-state index in [4.69, 9.17) is 18.0 Å². The highest BCUT2D eigenvalue weighted by atomic mass is 127. The molecule has 2 aliphatic heterocycles. The summed E-state index contributed by atoms with van der Waals surface area (Å²) in [6.07, 6.45) is 10.1. The van der Waals surface area contributed by atoms with Gasteiger partial charge in [-0.15, -0.1) is 0 Å². The number of nitrogens with one attached hydrogen (secondary N) is 1. The van der Waals surface area contributed by atoms with Crippen molar-refractivity contribution in [2.24, 2.45) is 5.73 Å². The van der Waals surface area contributed by atoms with E-state index in [9.17, 15) is 0 Å². The van der Waals surface area contributed by atoms with Crippen LogP contribution >= 0.6 is 34.8 Å². The molecular formula is C13H14IN3S. The highest BCUT2D eigenvalue weighted by Crippen LogP contribution is 2.40. The fourth-order valence-corrected chi connectivity index (χ4v) is 3.78. The number of thiocarbonyl (C=S) groups is 1. The van der Waals surface area contributed by atoms with Gasteiger partial charge in [0.15, 0.2) is 0 Å². The van der Waals surface area contributed by atoms with Crippen molar-refractivity contribution in [3.05, 3.63) is 39.7 Å². The normalized spacial score (nSPS) is 33.6. The van der Waals surface area contributed by atoms with Gasteiger partial charge in [0.1, 0.15) is 0 Å². The van der Waals surface area contributed by atoms with Crippen molar-refractivity contribution >= 4 is 39.8 Å². The predicted octanol–water partition coefficient (Wildman–Crippen LogP) is 1.90. The lowest BCUT2D eigenvalue weighted by atomic mass is 9.70. The van der Waals surface area contributed by atoms with Crippen LogP contribution in [0.2, 0.25) is 0 Å². The third-order valence-electron chi connectivity index (χ3n) is 3.87. The van der Waals surface area contributed by atoms with Gasteiger partial charge in [-0.2, -0.15) is 0 Å². The van der Waals surface area contributed by atoms with E-state index in [1.54, 1.807) is 0 Å². The van der Waals surface area contributed by atoms with Crippen LogP contribution in [-0.4, -0.2) is 22.1 Å². The van der Waals surface area contributed by atoms with Crippen LogP contribution < -0.4 is 11.1 Å². The van der Waals surface area contributed by atoms with Gasteiger partial charge in [0, 0.05) is 28.0 Å². The lowest BCUT2D eigenvalue weighted by Crippen LogP contribution is -2.53. The van der Waals surface area contributed by atoms with Crippen LogP contribution in [0.1, 0.15) is 18.4 Å². The summed E-state index contributed by atoms with van der Waals surface area (Å²) >= 11 is 7.66. The number of hydrogen-bond acceptors (Lipinski definition) is 3. The minimum Gasteiger partial charge on any atom is -0.393 e. The van der Waals surface area contributed by atoms with Crippen molar-refractivity contribution in [1.82, 2.24) is 10.3 Å². The van der Waals surface area contributed by atoms with Gasteiger partial charge in [0.25, 0.3) is 0 Å². The van der Waals surface area contributed by atoms with Crippen molar-refractivity contribution in [2.75, 3.05) is 0 Å². The molecule has 1 unspecified atom stereocenters. The molecule has 5 heteroatoms. The van der Waals surface area contributed by atoms with Gasteiger partial charge in [-0.1, -0.05) is 24.4 Å². The van der Waals surface area contributed by atoms with Crippen LogP contribution in [-0.2, 0) is 5.41 Å². The van der Waals surface area contributed by atoms with E-state index < -0.39 is 0 Å². The van der Waals surface area contributed by atoms with E-state index in [-0.39, 0.29) is 5.41 Å². The summed E-state index contributed by atoms with van der Waals surface area (Å²) in [4.78, 5) is 4.88. The summed E-state index contributed by atoms with van der Waals surface area (Å²) in [5.74, 6) is 0. The Morgan fingerprint density at radius 2 is 2.06 bits per heavy atom. The molecule has 3 atom stereocenters. The van der Waals surface area contributed by atoms with Gasteiger partial charge in [-0.25, -0.2) is 0 Å². The van der Waals surface area contributed by atoms with Crippen molar-refractivity contribution in [1.29, 1.82) is 0 Å². The Morgan fingerprint density at radius 1 is 1.39 bits per heavy atom. The third kappa shape index (κ3) is 1.98. The molecular weight excluding hydrogens is 357 g/mol. The van der Waals surface area contributed by atoms with E-state index >= 15 is 0 Å². The number of pyridine rings is 1. The number of aromatic nitrogens is 1. The first kappa shape index (κ1) is 12.5. The second-order valence-electron chi connectivity index (χ2n) is 5.01. The van der Waals surface area contributed by atoms with Gasteiger partial charge in [0.2, 0.25) is 0 Å². The Kier molecular flexibility index (Phi) is 3.15. The average molecular weight is 371 g/mol. The maximum Gasteiger partial charge on any atom is 0.0836 e. The minimum atomic E-state index is -0.215. The standard InChI is InChI=1S/C13H14IN3S/c14-9-3-8(6-16-7-9)13(12(15)18)4-10-1-2-11(5-13)17-10/h1-3,6-7,10-11,17H,4-5H2,(H2,15,18)/t10-,11+,13?. The zero-order chi connectivity index (χ0) is 12.8. The molecule has 18 heavy (non-hydrogen) atoms. The quantitative estimate of drug-likeness (QED) is 0.474. The second kappa shape index (κ2) is 4.54. The number of nitrogens with zero attached hydrogens (tertiary/aromatic N) is 1. The van der Waals surface area contributed by atoms with Crippen LogP contribution in [0.15, 0.2) is 30.6 Å². The summed E-state index contributed by atoms with van der Waals surface area (Å²) < 4.78 is 1.12. The third-order valence-corrected chi connectivity index (χ3v) is 4.85. The molecule has 1 saturated heterocycles. The molecule has 0 aromatic carbocycles. The molecule has 2 aliphatic rings. The first-order chi connectivity index (χ1) is 8.60. The molecule has 1 aromatic rings. The van der Waals surface area contributed by atoms with E-state index in [1.807, 2.05) is 12.4 Å². The van der Waals surface area contributed by atoms with Crippen molar-refractivity contribution in [3.63, 3.8) is 0 Å². The first-order valence-electron chi connectivity index (χ1n) is 5.95. The molecule has 0 radical (unpaired) electrons. The summed E-state index contributed by atoms with van der Waals surface area (Å²) in [5, 5.41) is 3.54. The maximum atomic E-state index is 6.08. The van der Waals surface area contributed by atoms with E-state index in [0.29, 0.717) is 17.1 Å². The molecule has 0 aliphatic carbocycles. The van der Waals surface area contributed by atoms with Crippen molar-refractivity contribution < 1.29 is 0 Å². The highest BCUT2D eigenvalue weighted by Gasteiger charge is 2.45. The number of piperidine rings is 1. The molecule has 0 saturated carbocycles. The Morgan fingerprint density at radius 3 is 2.61 bits per heavy atom. The first-order valence-corrected chi connectivity index (χ1v) is 7.44. The Balaban J connectivity index is 2.05. The largest absolute Gasteiger partial charge is 0.393 e. The molecule has 0 spiro atoms. The lowest BCUT2D eigenvalue weighted by molar-refractivity contribution is 0.331. The van der Waals surface area contributed by atoms with E-state index in [0.717, 1.165) is 22.0 Å². The Labute approximate surface area is 125 Å². The Hall–Kier alpha value is -0.530. The summed E-state index contributed by atoms with van der Waals surface area (Å²) in [6, 6.07) is 2.91. The Bertz CT molecular complexity index is 515. The molecule has 0 amide bonds. The molecule has 3 rings (SSSR count). The van der Waals surface area contributed by atoms with E-state index in [2.05, 4.69) is 51.1 Å². The minimum absolute atomic E-state index is 0.215. The zero-order valence-electron chi connectivity index (χ0n) is 9.77. The molecule has 1 aromatic heterocycles. The number of nitrogens with two attached hydrogens (primary N) is 1. The molecule has 1 fully saturated rings. The highest BCUT2D eigenvalue weighted by molar-refractivity contribution is 14.1. The van der Waals surface area contributed by atoms with E-state index in [1.165, 1.54) is 0 Å². The number of halogens is 1. The second-order valence-corrected chi connectivity index (χ2v) is 6.70. The molecule has 3 heterocycles. The van der Waals surface area contributed by atoms with Crippen LogP contribution in [0.25, 0.3) is 0 Å². The van der Waals surface area contributed by atoms with Gasteiger partial charge in [-0.05, 0) is 47.1 Å². The fraction of sp³-hybridized carbons (Fsp3) is 0.385. The van der Waals surface area contributed by atoms with Crippen LogP contribution in [0.3, 0.4) is 0 Å². The van der Waals surface area contributed by atoms with Crippen LogP contribution in [0, 0.1) is 3.57 Å². The number of fused-ring (bicyclic) bond motifs is 2. The summed E-state index contributed by atoms with van der Waals surface area (Å²) in [6.45, 7) is 0. The zero-order valence-corrected chi connectivity index (χ0v) is 12.7. The SMILES string of the molecule is NC(=S)C1(c2cncc(I)c2)C[C@H]2C=C[C@@H](C1)N2. The average Bonchev–Trinajstić information content (AvgIpc) is 2.68. The van der Waals surface area contributed by atoms with Crippen molar-refractivity contribution in [2.45, 2.75) is 30.3 Å². The predicted molar refractivity (Wildman–Crippen MR) is 84.5 cm³/mol. The molecule has 3 N–H and O–H groups in total. The number of hydrogen-bond donors (Lipinski definition) is 2. The van der Waals surface area contributed by atoms with Gasteiger partial charge in [0.05, 0.1) is 10.4 Å². The monoisotopic (exact) mass is 371 g/mol. The number of rotatable bonds is 2. The van der Waals surface area contributed by atoms with Gasteiger partial charge >= 0.3 is 0 Å². The molecule has 2 bridgehead atoms. The van der Waals surface area contributed by atoms with Crippen LogP contribution in [0.4, 0.5) is 0 Å². The smallest absolute Gasteiger partial charge is 0.0836 e. The molecule has 3 nitrogen and oxygen atoms in total. The topological polar surface area (TPSA) is 50.9 Å². The van der Waals surface area contributed by atoms with Gasteiger partial charge < -0.3 is 11.1 Å². The molecule has 94 valence electrons. The fourth-order valence-electron chi connectivity index (χ4n) is 3.00. The van der Waals surface area contributed by atoms with Gasteiger partial charge in [-0.3, -0.25) is 4.98 Å². The van der Waals surface area contributed by atoms with Crippen molar-refractivity contribution in [3.8, 4) is 0 Å². The summed E-state index contributed by atoms with van der Waals surface area (Å²) in [5.41, 5.74) is 7.02. The lowest BCUT2D eigenvalue weighted by Gasteiger charge is -2.41.